The molecule has 0 spiro atoms. The molecule has 1 aliphatic rings. The van der Waals surface area contributed by atoms with Crippen LogP contribution >= 0.6 is 0 Å². The van der Waals surface area contributed by atoms with Crippen LogP contribution in [0.5, 0.6) is 0 Å². The summed E-state index contributed by atoms with van der Waals surface area (Å²) in [6.07, 6.45) is 4.64. The molecular weight excluding hydrogens is 369 g/mol. The van der Waals surface area contributed by atoms with Crippen molar-refractivity contribution in [3.05, 3.63) is 78.1 Å². The molecule has 2 aromatic carbocycles. The van der Waals surface area contributed by atoms with Gasteiger partial charge in [-0.15, -0.1) is 0 Å². The predicted octanol–water partition coefficient (Wildman–Crippen LogP) is 3.66. The molecule has 4 rings (SSSR count). The van der Waals surface area contributed by atoms with Crippen LogP contribution in [0.4, 0.5) is 4.39 Å². The third kappa shape index (κ3) is 4.22. The molecule has 3 aromatic rings. The van der Waals surface area contributed by atoms with Gasteiger partial charge in [-0.3, -0.25) is 4.79 Å². The molecular formula is C23H24FN3O2. The van der Waals surface area contributed by atoms with Gasteiger partial charge in [-0.05, 0) is 55.2 Å². The first kappa shape index (κ1) is 19.3. The van der Waals surface area contributed by atoms with Crippen LogP contribution in [0.2, 0.25) is 0 Å². The first-order valence-corrected chi connectivity index (χ1v) is 9.79. The van der Waals surface area contributed by atoms with E-state index in [1.54, 1.807) is 29.3 Å². The number of rotatable bonds is 4. The van der Waals surface area contributed by atoms with Crippen molar-refractivity contribution in [2.45, 2.75) is 31.9 Å². The lowest BCUT2D eigenvalue weighted by Gasteiger charge is -2.38. The largest absolute Gasteiger partial charge is 0.388 e. The monoisotopic (exact) mass is 393 g/mol. The number of carbonyl (C=O) groups excluding carboxylic acids is 1. The fourth-order valence-corrected chi connectivity index (χ4v) is 3.83. The molecule has 1 amide bonds. The molecule has 2 heterocycles. The van der Waals surface area contributed by atoms with E-state index in [4.69, 9.17) is 0 Å². The average Bonchev–Trinajstić information content (AvgIpc) is 3.12. The summed E-state index contributed by atoms with van der Waals surface area (Å²) in [6.45, 7) is 3.41. The minimum absolute atomic E-state index is 0.0465. The average molecular weight is 393 g/mol. The summed E-state index contributed by atoms with van der Waals surface area (Å²) in [6, 6.07) is 13.6. The van der Waals surface area contributed by atoms with Gasteiger partial charge >= 0.3 is 0 Å². The van der Waals surface area contributed by atoms with Crippen molar-refractivity contribution in [2.24, 2.45) is 0 Å². The Balaban J connectivity index is 1.44. The van der Waals surface area contributed by atoms with Gasteiger partial charge in [-0.25, -0.2) is 9.37 Å². The van der Waals surface area contributed by atoms with Gasteiger partial charge in [0.15, 0.2) is 0 Å². The van der Waals surface area contributed by atoms with Crippen LogP contribution in [-0.2, 0) is 6.54 Å². The number of likely N-dealkylation sites (tertiary alicyclic amines) is 1. The Bertz CT molecular complexity index is 1000. The molecule has 1 aromatic heterocycles. The molecule has 150 valence electrons. The van der Waals surface area contributed by atoms with Crippen molar-refractivity contribution in [3.8, 4) is 11.1 Å². The van der Waals surface area contributed by atoms with E-state index in [0.29, 0.717) is 38.0 Å². The van der Waals surface area contributed by atoms with Gasteiger partial charge in [0.1, 0.15) is 11.6 Å². The van der Waals surface area contributed by atoms with E-state index in [2.05, 4.69) is 4.98 Å². The number of benzene rings is 2. The highest BCUT2D eigenvalue weighted by Crippen LogP contribution is 2.27. The van der Waals surface area contributed by atoms with Crippen molar-refractivity contribution in [1.82, 2.24) is 14.5 Å². The number of carbonyl (C=O) groups is 1. The van der Waals surface area contributed by atoms with Crippen molar-refractivity contribution in [1.29, 1.82) is 0 Å². The van der Waals surface area contributed by atoms with E-state index in [-0.39, 0.29) is 11.7 Å². The molecule has 0 radical (unpaired) electrons. The normalized spacial score (nSPS) is 16.0. The third-order valence-electron chi connectivity index (χ3n) is 5.66. The molecule has 0 atom stereocenters. The number of imidazole rings is 1. The first-order valence-electron chi connectivity index (χ1n) is 9.79. The molecule has 0 aliphatic carbocycles. The zero-order valence-corrected chi connectivity index (χ0v) is 16.4. The number of amides is 1. The Morgan fingerprint density at radius 1 is 1.14 bits per heavy atom. The summed E-state index contributed by atoms with van der Waals surface area (Å²) in [7, 11) is 0. The van der Waals surface area contributed by atoms with Crippen LogP contribution in [0, 0.1) is 12.7 Å². The summed E-state index contributed by atoms with van der Waals surface area (Å²) in [5, 5.41) is 10.9. The van der Waals surface area contributed by atoms with E-state index in [1.165, 1.54) is 12.1 Å². The van der Waals surface area contributed by atoms with Crippen molar-refractivity contribution in [3.63, 3.8) is 0 Å². The van der Waals surface area contributed by atoms with Gasteiger partial charge < -0.3 is 14.6 Å². The minimum atomic E-state index is -0.835. The zero-order chi connectivity index (χ0) is 20.4. The van der Waals surface area contributed by atoms with E-state index >= 15 is 0 Å². The van der Waals surface area contributed by atoms with Crippen LogP contribution in [0.25, 0.3) is 11.1 Å². The first-order chi connectivity index (χ1) is 13.9. The molecule has 0 saturated carbocycles. The summed E-state index contributed by atoms with van der Waals surface area (Å²) in [5.74, 6) is 0.539. The van der Waals surface area contributed by atoms with Gasteiger partial charge in [0, 0.05) is 31.0 Å². The quantitative estimate of drug-likeness (QED) is 0.736. The topological polar surface area (TPSA) is 58.4 Å². The Hall–Kier alpha value is -2.99. The number of hydrogen-bond acceptors (Lipinski definition) is 3. The third-order valence-corrected chi connectivity index (χ3v) is 5.66. The Labute approximate surface area is 169 Å². The lowest BCUT2D eigenvalue weighted by molar-refractivity contribution is -0.0295. The van der Waals surface area contributed by atoms with Crippen LogP contribution in [0.3, 0.4) is 0 Å². The number of nitrogens with zero attached hydrogens (tertiary/aromatic N) is 3. The maximum atomic E-state index is 13.2. The number of aryl methyl sites for hydroxylation is 1. The van der Waals surface area contributed by atoms with Crippen LogP contribution in [0.1, 0.15) is 29.0 Å². The van der Waals surface area contributed by atoms with Crippen molar-refractivity contribution >= 4 is 5.91 Å². The van der Waals surface area contributed by atoms with Crippen molar-refractivity contribution < 1.29 is 14.3 Å². The predicted molar refractivity (Wildman–Crippen MR) is 109 cm³/mol. The number of aromatic nitrogens is 2. The highest BCUT2D eigenvalue weighted by atomic mass is 19.1. The standard InChI is InChI=1S/C23H24FN3O2/c1-17-25-11-14-27(17)16-23(29)9-12-26(13-10-23)22(28)20-4-2-3-19(15-20)18-5-7-21(24)8-6-18/h2-8,11,14-15,29H,9-10,12-13,16H2,1H3. The number of hydrogen-bond donors (Lipinski definition) is 1. The van der Waals surface area contributed by atoms with Crippen LogP contribution in [0.15, 0.2) is 60.9 Å². The molecule has 5 nitrogen and oxygen atoms in total. The molecule has 1 fully saturated rings. The highest BCUT2D eigenvalue weighted by Gasteiger charge is 2.34. The van der Waals surface area contributed by atoms with Crippen LogP contribution in [-0.4, -0.2) is 44.2 Å². The van der Waals surface area contributed by atoms with Gasteiger partial charge in [-0.2, -0.15) is 0 Å². The molecule has 0 bridgehead atoms. The van der Waals surface area contributed by atoms with E-state index < -0.39 is 5.60 Å². The molecule has 0 unspecified atom stereocenters. The second-order valence-electron chi connectivity index (χ2n) is 7.71. The molecule has 1 saturated heterocycles. The SMILES string of the molecule is Cc1nccn1CC1(O)CCN(C(=O)c2cccc(-c3ccc(F)cc3)c2)CC1. The summed E-state index contributed by atoms with van der Waals surface area (Å²) < 4.78 is 15.1. The van der Waals surface area contributed by atoms with Gasteiger partial charge in [0.2, 0.25) is 0 Å². The molecule has 1 N–H and O–H groups in total. The van der Waals surface area contributed by atoms with E-state index in [9.17, 15) is 14.3 Å². The zero-order valence-electron chi connectivity index (χ0n) is 16.4. The Morgan fingerprint density at radius 3 is 2.52 bits per heavy atom. The van der Waals surface area contributed by atoms with E-state index in [1.807, 2.05) is 35.9 Å². The second-order valence-corrected chi connectivity index (χ2v) is 7.71. The maximum absolute atomic E-state index is 13.2. The Morgan fingerprint density at radius 2 is 1.86 bits per heavy atom. The Kier molecular flexibility index (Phi) is 5.20. The van der Waals surface area contributed by atoms with Gasteiger partial charge in [-0.1, -0.05) is 24.3 Å². The van der Waals surface area contributed by atoms with Gasteiger partial charge in [0.25, 0.3) is 5.91 Å². The number of piperidine rings is 1. The molecule has 1 aliphatic heterocycles. The maximum Gasteiger partial charge on any atom is 0.253 e. The fraction of sp³-hybridized carbons (Fsp3) is 0.304. The number of aliphatic hydroxyl groups is 1. The number of halogens is 1. The molecule has 29 heavy (non-hydrogen) atoms. The smallest absolute Gasteiger partial charge is 0.253 e. The summed E-state index contributed by atoms with van der Waals surface area (Å²) >= 11 is 0. The molecule has 6 heteroatoms. The van der Waals surface area contributed by atoms with Crippen molar-refractivity contribution in [2.75, 3.05) is 13.1 Å². The van der Waals surface area contributed by atoms with E-state index in [0.717, 1.165) is 17.0 Å². The lowest BCUT2D eigenvalue weighted by Crippen LogP contribution is -2.48. The fourth-order valence-electron chi connectivity index (χ4n) is 3.83. The highest BCUT2D eigenvalue weighted by molar-refractivity contribution is 5.95. The second kappa shape index (κ2) is 7.79. The summed E-state index contributed by atoms with van der Waals surface area (Å²) in [4.78, 5) is 19.0. The lowest BCUT2D eigenvalue weighted by atomic mass is 9.90. The minimum Gasteiger partial charge on any atom is -0.388 e. The summed E-state index contributed by atoms with van der Waals surface area (Å²) in [5.41, 5.74) is 1.51. The van der Waals surface area contributed by atoms with Crippen LogP contribution < -0.4 is 0 Å². The van der Waals surface area contributed by atoms with Gasteiger partial charge in [0.05, 0.1) is 12.1 Å².